The van der Waals surface area contributed by atoms with Crippen LogP contribution in [0.4, 0.5) is 0 Å². The molecule has 0 aliphatic heterocycles. The van der Waals surface area contributed by atoms with Crippen molar-refractivity contribution >= 4 is 23.3 Å². The first-order valence-corrected chi connectivity index (χ1v) is 9.29. The normalized spacial score (nSPS) is 11.1. The third-order valence-electron chi connectivity index (χ3n) is 3.76. The summed E-state index contributed by atoms with van der Waals surface area (Å²) in [4.78, 5) is 13.1. The highest BCUT2D eigenvalue weighted by Crippen LogP contribution is 2.28. The molecule has 134 valence electrons. The molecule has 6 heteroatoms. The summed E-state index contributed by atoms with van der Waals surface area (Å²) in [7, 11) is 1.65. The highest BCUT2D eigenvalue weighted by atomic mass is 32.1. The third kappa shape index (κ3) is 4.68. The second-order valence-electron chi connectivity index (χ2n) is 5.66. The van der Waals surface area contributed by atoms with Gasteiger partial charge in [-0.25, -0.2) is 4.68 Å². The average molecular weight is 367 g/mol. The van der Waals surface area contributed by atoms with Gasteiger partial charge in [-0.1, -0.05) is 24.3 Å². The van der Waals surface area contributed by atoms with Crippen LogP contribution in [-0.2, 0) is 9.53 Å². The maximum absolute atomic E-state index is 12.0. The van der Waals surface area contributed by atoms with E-state index in [9.17, 15) is 4.79 Å². The Morgan fingerprint density at radius 1 is 1.27 bits per heavy atom. The zero-order valence-electron chi connectivity index (χ0n) is 14.6. The summed E-state index contributed by atoms with van der Waals surface area (Å²) in [6, 6.07) is 14.0. The molecule has 0 unspecified atom stereocenters. The molecule has 1 N–H and O–H groups in total. The van der Waals surface area contributed by atoms with Gasteiger partial charge in [-0.2, -0.15) is 5.10 Å². The van der Waals surface area contributed by atoms with Crippen LogP contribution in [0.1, 0.15) is 12.0 Å². The first-order valence-electron chi connectivity index (χ1n) is 8.42. The monoisotopic (exact) mass is 367 g/mol. The first-order chi connectivity index (χ1) is 12.8. The summed E-state index contributed by atoms with van der Waals surface area (Å²) in [6.07, 6.45) is 6.10. The summed E-state index contributed by atoms with van der Waals surface area (Å²) in [6.45, 7) is 1.23. The molecule has 0 spiro atoms. The standard InChI is InChI=1S/C20H21N3O2S/c1-25-13-6-12-21-19(24)11-10-16-15-23(17-7-3-2-4-8-17)22-20(16)18-9-5-14-26-18/h2-5,7-11,14-15H,6,12-13H2,1H3,(H,21,24)/b11-10+. The van der Waals surface area contributed by atoms with Crippen molar-refractivity contribution in [1.82, 2.24) is 15.1 Å². The third-order valence-corrected chi connectivity index (χ3v) is 4.63. The lowest BCUT2D eigenvalue weighted by molar-refractivity contribution is -0.116. The van der Waals surface area contributed by atoms with Crippen molar-refractivity contribution in [3.05, 3.63) is 65.7 Å². The number of para-hydroxylation sites is 1. The quantitative estimate of drug-likeness (QED) is 0.487. The van der Waals surface area contributed by atoms with Gasteiger partial charge < -0.3 is 10.1 Å². The Labute approximate surface area is 156 Å². The number of thiophene rings is 1. The molecule has 3 aromatic rings. The molecule has 2 heterocycles. The minimum absolute atomic E-state index is 0.120. The molecule has 2 aromatic heterocycles. The predicted octanol–water partition coefficient (Wildman–Crippen LogP) is 3.77. The van der Waals surface area contributed by atoms with Crippen molar-refractivity contribution < 1.29 is 9.53 Å². The van der Waals surface area contributed by atoms with E-state index in [-0.39, 0.29) is 5.91 Å². The molecule has 0 fully saturated rings. The zero-order chi connectivity index (χ0) is 18.2. The topological polar surface area (TPSA) is 56.1 Å². The number of carbonyl (C=O) groups is 1. The van der Waals surface area contributed by atoms with E-state index in [1.807, 2.05) is 64.8 Å². The van der Waals surface area contributed by atoms with E-state index in [0.29, 0.717) is 13.2 Å². The molecule has 0 bridgehead atoms. The second kappa shape index (κ2) is 9.12. The van der Waals surface area contributed by atoms with Crippen molar-refractivity contribution in [3.8, 4) is 16.3 Å². The highest BCUT2D eigenvalue weighted by Gasteiger charge is 2.11. The fourth-order valence-corrected chi connectivity index (χ4v) is 3.21. The number of nitrogens with one attached hydrogen (secondary N) is 1. The van der Waals surface area contributed by atoms with Crippen molar-refractivity contribution in [1.29, 1.82) is 0 Å². The Morgan fingerprint density at radius 2 is 2.12 bits per heavy atom. The van der Waals surface area contributed by atoms with Gasteiger partial charge in [0.15, 0.2) is 0 Å². The molecule has 26 heavy (non-hydrogen) atoms. The van der Waals surface area contributed by atoms with Gasteiger partial charge in [0.1, 0.15) is 5.69 Å². The SMILES string of the molecule is COCCCNC(=O)/C=C/c1cn(-c2ccccc2)nc1-c1cccs1. The maximum Gasteiger partial charge on any atom is 0.244 e. The number of amides is 1. The van der Waals surface area contributed by atoms with E-state index in [2.05, 4.69) is 5.32 Å². The highest BCUT2D eigenvalue weighted by molar-refractivity contribution is 7.13. The number of hydrogen-bond donors (Lipinski definition) is 1. The van der Waals surface area contributed by atoms with E-state index in [1.54, 1.807) is 24.5 Å². The van der Waals surface area contributed by atoms with E-state index >= 15 is 0 Å². The maximum atomic E-state index is 12.0. The fourth-order valence-electron chi connectivity index (χ4n) is 2.48. The van der Waals surface area contributed by atoms with E-state index < -0.39 is 0 Å². The summed E-state index contributed by atoms with van der Waals surface area (Å²) in [5, 5.41) is 9.59. The Kier molecular flexibility index (Phi) is 6.35. The van der Waals surface area contributed by atoms with Crippen LogP contribution in [-0.4, -0.2) is 35.9 Å². The lowest BCUT2D eigenvalue weighted by atomic mass is 10.2. The van der Waals surface area contributed by atoms with Crippen LogP contribution in [0, 0.1) is 0 Å². The number of methoxy groups -OCH3 is 1. The van der Waals surface area contributed by atoms with Crippen LogP contribution in [0.2, 0.25) is 0 Å². The van der Waals surface area contributed by atoms with Crippen LogP contribution in [0.5, 0.6) is 0 Å². The molecule has 0 saturated heterocycles. The van der Waals surface area contributed by atoms with Gasteiger partial charge in [0.05, 0.1) is 10.6 Å². The predicted molar refractivity (Wildman–Crippen MR) is 105 cm³/mol. The largest absolute Gasteiger partial charge is 0.385 e. The van der Waals surface area contributed by atoms with Gasteiger partial charge in [0.2, 0.25) is 5.91 Å². The number of hydrogen-bond acceptors (Lipinski definition) is 4. The van der Waals surface area contributed by atoms with Crippen LogP contribution in [0.3, 0.4) is 0 Å². The minimum atomic E-state index is -0.120. The van der Waals surface area contributed by atoms with Crippen LogP contribution in [0.25, 0.3) is 22.3 Å². The van der Waals surface area contributed by atoms with Crippen molar-refractivity contribution in [2.75, 3.05) is 20.3 Å². The number of aromatic nitrogens is 2. The second-order valence-corrected chi connectivity index (χ2v) is 6.61. The van der Waals surface area contributed by atoms with Crippen LogP contribution in [0.15, 0.2) is 60.1 Å². The molecule has 0 aliphatic rings. The van der Waals surface area contributed by atoms with Crippen molar-refractivity contribution in [3.63, 3.8) is 0 Å². The van der Waals surface area contributed by atoms with Crippen molar-refractivity contribution in [2.45, 2.75) is 6.42 Å². The number of ether oxygens (including phenoxy) is 1. The molecule has 0 aliphatic carbocycles. The summed E-state index contributed by atoms with van der Waals surface area (Å²) < 4.78 is 6.81. The Morgan fingerprint density at radius 3 is 2.85 bits per heavy atom. The summed E-state index contributed by atoms with van der Waals surface area (Å²) in [5.74, 6) is -0.120. The first kappa shape index (κ1) is 18.1. The van der Waals surface area contributed by atoms with E-state index in [1.165, 1.54) is 0 Å². The van der Waals surface area contributed by atoms with E-state index in [0.717, 1.165) is 28.2 Å². The molecule has 1 aromatic carbocycles. The van der Waals surface area contributed by atoms with Gasteiger partial charge in [-0.3, -0.25) is 4.79 Å². The van der Waals surface area contributed by atoms with Gasteiger partial charge in [0, 0.05) is 38.1 Å². The molecular formula is C20H21N3O2S. The van der Waals surface area contributed by atoms with Gasteiger partial charge >= 0.3 is 0 Å². The molecule has 3 rings (SSSR count). The lowest BCUT2D eigenvalue weighted by Crippen LogP contribution is -2.22. The molecule has 5 nitrogen and oxygen atoms in total. The van der Waals surface area contributed by atoms with Crippen LogP contribution < -0.4 is 5.32 Å². The fraction of sp³-hybridized carbons (Fsp3) is 0.200. The average Bonchev–Trinajstić information content (AvgIpc) is 3.33. The number of benzene rings is 1. The lowest BCUT2D eigenvalue weighted by Gasteiger charge is -2.00. The molecule has 0 radical (unpaired) electrons. The van der Waals surface area contributed by atoms with E-state index in [4.69, 9.17) is 9.84 Å². The van der Waals surface area contributed by atoms with Crippen LogP contribution >= 0.6 is 11.3 Å². The Bertz CT molecular complexity index is 855. The Hall–Kier alpha value is -2.70. The molecule has 1 amide bonds. The summed E-state index contributed by atoms with van der Waals surface area (Å²) >= 11 is 1.63. The smallest absolute Gasteiger partial charge is 0.244 e. The minimum Gasteiger partial charge on any atom is -0.385 e. The number of carbonyl (C=O) groups excluding carboxylic acids is 1. The Balaban J connectivity index is 1.80. The van der Waals surface area contributed by atoms with Crippen molar-refractivity contribution in [2.24, 2.45) is 0 Å². The van der Waals surface area contributed by atoms with Gasteiger partial charge in [-0.05, 0) is 36.1 Å². The molecular weight excluding hydrogens is 346 g/mol. The number of rotatable bonds is 8. The molecule has 0 atom stereocenters. The zero-order valence-corrected chi connectivity index (χ0v) is 15.4. The molecule has 0 saturated carbocycles. The number of nitrogens with zero attached hydrogens (tertiary/aromatic N) is 2. The van der Waals surface area contributed by atoms with Gasteiger partial charge in [0.25, 0.3) is 0 Å². The summed E-state index contributed by atoms with van der Waals surface area (Å²) in [5.41, 5.74) is 2.75. The van der Waals surface area contributed by atoms with Gasteiger partial charge in [-0.15, -0.1) is 11.3 Å².